The van der Waals surface area contributed by atoms with E-state index in [0.717, 1.165) is 5.56 Å². The van der Waals surface area contributed by atoms with Crippen molar-refractivity contribution in [3.63, 3.8) is 0 Å². The third-order valence-corrected chi connectivity index (χ3v) is 4.48. The van der Waals surface area contributed by atoms with Crippen LogP contribution in [-0.2, 0) is 16.1 Å². The summed E-state index contributed by atoms with van der Waals surface area (Å²) in [6.07, 6.45) is 0.168. The molecule has 2 aromatic carbocycles. The second-order valence-corrected chi connectivity index (χ2v) is 6.59. The summed E-state index contributed by atoms with van der Waals surface area (Å²) in [5, 5.41) is 2.86. The lowest BCUT2D eigenvalue weighted by Crippen LogP contribution is -2.41. The Kier molecular flexibility index (Phi) is 5.54. The molecule has 0 aliphatic carbocycles. The van der Waals surface area contributed by atoms with Crippen molar-refractivity contribution in [2.24, 2.45) is 0 Å². The van der Waals surface area contributed by atoms with Gasteiger partial charge in [-0.1, -0.05) is 29.8 Å². The summed E-state index contributed by atoms with van der Waals surface area (Å²) in [7, 11) is 0. The van der Waals surface area contributed by atoms with E-state index in [1.165, 1.54) is 17.4 Å². The molecule has 140 valence electrons. The van der Waals surface area contributed by atoms with Crippen molar-refractivity contribution >= 4 is 23.3 Å². The average molecular weight is 366 g/mol. The number of ether oxygens (including phenoxy) is 1. The highest BCUT2D eigenvalue weighted by Crippen LogP contribution is 2.33. The number of carbonyl (C=O) groups excluding carboxylic acids is 3. The fraction of sp³-hybridized carbons (Fsp3) is 0.286. The van der Waals surface area contributed by atoms with Crippen LogP contribution < -0.4 is 15.0 Å². The van der Waals surface area contributed by atoms with Crippen molar-refractivity contribution < 1.29 is 19.1 Å². The third-order valence-electron chi connectivity index (χ3n) is 4.48. The first-order valence-electron chi connectivity index (χ1n) is 8.84. The van der Waals surface area contributed by atoms with Crippen LogP contribution in [-0.4, -0.2) is 30.7 Å². The van der Waals surface area contributed by atoms with Crippen molar-refractivity contribution in [2.75, 3.05) is 18.1 Å². The first kappa shape index (κ1) is 18.6. The molecule has 0 radical (unpaired) electrons. The zero-order valence-electron chi connectivity index (χ0n) is 15.5. The van der Waals surface area contributed by atoms with Crippen LogP contribution >= 0.6 is 0 Å². The topological polar surface area (TPSA) is 75.7 Å². The van der Waals surface area contributed by atoms with Gasteiger partial charge in [0, 0.05) is 25.1 Å². The molecule has 2 amide bonds. The van der Waals surface area contributed by atoms with Gasteiger partial charge in [0.1, 0.15) is 5.75 Å². The monoisotopic (exact) mass is 366 g/mol. The van der Waals surface area contributed by atoms with E-state index >= 15 is 0 Å². The summed E-state index contributed by atoms with van der Waals surface area (Å²) < 4.78 is 5.42. The molecule has 1 aliphatic heterocycles. The summed E-state index contributed by atoms with van der Waals surface area (Å²) >= 11 is 0. The number of fused-ring (bicyclic) bond motifs is 1. The molecular weight excluding hydrogens is 344 g/mol. The SMILES string of the molecule is CC(=O)c1ccc2c(c1)N(CCC(=O)NCc1ccc(C)cc1)C(=O)CO2. The number of aryl methyl sites for hydroxylation is 1. The summed E-state index contributed by atoms with van der Waals surface area (Å²) in [5.74, 6) is 0.0833. The maximum Gasteiger partial charge on any atom is 0.265 e. The molecule has 0 saturated carbocycles. The molecule has 0 atom stereocenters. The lowest BCUT2D eigenvalue weighted by molar-refractivity contribution is -0.122. The Balaban J connectivity index is 1.62. The number of hydrogen-bond donors (Lipinski definition) is 1. The van der Waals surface area contributed by atoms with Gasteiger partial charge < -0.3 is 15.0 Å². The summed E-state index contributed by atoms with van der Waals surface area (Å²) in [6.45, 7) is 4.09. The zero-order valence-corrected chi connectivity index (χ0v) is 15.5. The third kappa shape index (κ3) is 4.53. The van der Waals surface area contributed by atoms with Crippen LogP contribution in [0.3, 0.4) is 0 Å². The van der Waals surface area contributed by atoms with Gasteiger partial charge in [-0.05, 0) is 37.6 Å². The van der Waals surface area contributed by atoms with Gasteiger partial charge in [-0.3, -0.25) is 14.4 Å². The molecule has 0 bridgehead atoms. The van der Waals surface area contributed by atoms with Gasteiger partial charge in [0.25, 0.3) is 5.91 Å². The highest BCUT2D eigenvalue weighted by Gasteiger charge is 2.26. The van der Waals surface area contributed by atoms with Crippen LogP contribution in [0.15, 0.2) is 42.5 Å². The number of ketones is 1. The Morgan fingerprint density at radius 3 is 2.59 bits per heavy atom. The Bertz CT molecular complexity index is 874. The first-order chi connectivity index (χ1) is 12.9. The van der Waals surface area contributed by atoms with Crippen LogP contribution in [0.25, 0.3) is 0 Å². The molecule has 6 nitrogen and oxygen atoms in total. The number of nitrogens with zero attached hydrogens (tertiary/aromatic N) is 1. The quantitative estimate of drug-likeness (QED) is 0.798. The normalized spacial score (nSPS) is 13.0. The Morgan fingerprint density at radius 2 is 1.89 bits per heavy atom. The molecule has 1 heterocycles. The molecule has 3 rings (SSSR count). The molecule has 0 saturated heterocycles. The van der Waals surface area contributed by atoms with Crippen molar-refractivity contribution in [3.05, 3.63) is 59.2 Å². The van der Waals surface area contributed by atoms with E-state index in [-0.39, 0.29) is 37.2 Å². The molecule has 0 fully saturated rings. The van der Waals surface area contributed by atoms with Crippen molar-refractivity contribution in [1.29, 1.82) is 0 Å². The maximum absolute atomic E-state index is 12.2. The van der Waals surface area contributed by atoms with E-state index in [1.807, 2.05) is 31.2 Å². The van der Waals surface area contributed by atoms with E-state index < -0.39 is 0 Å². The van der Waals surface area contributed by atoms with Crippen LogP contribution in [0, 0.1) is 6.92 Å². The van der Waals surface area contributed by atoms with Gasteiger partial charge >= 0.3 is 0 Å². The molecule has 0 spiro atoms. The summed E-state index contributed by atoms with van der Waals surface area (Å²) in [6, 6.07) is 12.9. The molecular formula is C21H22N2O4. The van der Waals surface area contributed by atoms with E-state index in [0.29, 0.717) is 23.5 Å². The number of anilines is 1. The fourth-order valence-electron chi connectivity index (χ4n) is 2.87. The minimum Gasteiger partial charge on any atom is -0.482 e. The second kappa shape index (κ2) is 8.03. The van der Waals surface area contributed by atoms with E-state index in [9.17, 15) is 14.4 Å². The van der Waals surface area contributed by atoms with Crippen LogP contribution in [0.5, 0.6) is 5.75 Å². The number of hydrogen-bond acceptors (Lipinski definition) is 4. The molecule has 1 N–H and O–H groups in total. The van der Waals surface area contributed by atoms with Crippen molar-refractivity contribution in [2.45, 2.75) is 26.8 Å². The number of rotatable bonds is 6. The molecule has 0 aromatic heterocycles. The van der Waals surface area contributed by atoms with Crippen molar-refractivity contribution in [3.8, 4) is 5.75 Å². The lowest BCUT2D eigenvalue weighted by atomic mass is 10.1. The molecule has 2 aromatic rings. The largest absolute Gasteiger partial charge is 0.482 e. The lowest BCUT2D eigenvalue weighted by Gasteiger charge is -2.29. The van der Waals surface area contributed by atoms with Crippen molar-refractivity contribution in [1.82, 2.24) is 5.32 Å². The molecule has 0 unspecified atom stereocenters. The molecule has 6 heteroatoms. The standard InChI is InChI=1S/C21H22N2O4/c1-14-3-5-16(6-4-14)12-22-20(25)9-10-23-18-11-17(15(2)24)7-8-19(18)27-13-21(23)26/h3-8,11H,9-10,12-13H2,1-2H3,(H,22,25). The number of benzene rings is 2. The van der Waals surface area contributed by atoms with Gasteiger partial charge in [-0.25, -0.2) is 0 Å². The number of Topliss-reactive ketones (excluding diaryl/α,β-unsaturated/α-hetero) is 1. The van der Waals surface area contributed by atoms with Gasteiger partial charge in [0.2, 0.25) is 5.91 Å². The van der Waals surface area contributed by atoms with Gasteiger partial charge in [0.05, 0.1) is 5.69 Å². The predicted octanol–water partition coefficient (Wildman–Crippen LogP) is 2.63. The second-order valence-electron chi connectivity index (χ2n) is 6.59. The highest BCUT2D eigenvalue weighted by molar-refractivity contribution is 6.01. The van der Waals surface area contributed by atoms with Gasteiger partial charge in [-0.2, -0.15) is 0 Å². The van der Waals surface area contributed by atoms with E-state index in [2.05, 4.69) is 5.32 Å². The number of amides is 2. The minimum absolute atomic E-state index is 0.0720. The van der Waals surface area contributed by atoms with Crippen LogP contribution in [0.2, 0.25) is 0 Å². The highest BCUT2D eigenvalue weighted by atomic mass is 16.5. The predicted molar refractivity (Wildman–Crippen MR) is 102 cm³/mol. The smallest absolute Gasteiger partial charge is 0.265 e. The molecule has 27 heavy (non-hydrogen) atoms. The Hall–Kier alpha value is -3.15. The fourth-order valence-corrected chi connectivity index (χ4v) is 2.87. The van der Waals surface area contributed by atoms with E-state index in [1.54, 1.807) is 18.2 Å². The van der Waals surface area contributed by atoms with E-state index in [4.69, 9.17) is 4.74 Å². The average Bonchev–Trinajstić information content (AvgIpc) is 2.66. The Labute approximate surface area is 158 Å². The van der Waals surface area contributed by atoms with Crippen LogP contribution in [0.1, 0.15) is 34.8 Å². The van der Waals surface area contributed by atoms with Crippen LogP contribution in [0.4, 0.5) is 5.69 Å². The zero-order chi connectivity index (χ0) is 19.4. The van der Waals surface area contributed by atoms with Gasteiger partial charge in [-0.15, -0.1) is 0 Å². The maximum atomic E-state index is 12.2. The number of nitrogens with one attached hydrogen (secondary N) is 1. The number of carbonyl (C=O) groups is 3. The summed E-state index contributed by atoms with van der Waals surface area (Å²) in [5.41, 5.74) is 3.22. The minimum atomic E-state index is -0.227. The first-order valence-corrected chi connectivity index (χ1v) is 8.84. The summed E-state index contributed by atoms with van der Waals surface area (Å²) in [4.78, 5) is 37.6. The molecule has 1 aliphatic rings. The van der Waals surface area contributed by atoms with Gasteiger partial charge in [0.15, 0.2) is 12.4 Å². The Morgan fingerprint density at radius 1 is 1.15 bits per heavy atom.